The predicted molar refractivity (Wildman–Crippen MR) is 58.7 cm³/mol. The Hall–Kier alpha value is -1.32. The molecule has 3 aliphatic carbocycles. The number of rotatable bonds is 0. The standard InChI is InChI=1S/C13H16O4/c1-12(2)16-10(14)13(11(15)17-12)7-8-3-5-9(13)6-4-8/h3,5,8-9H,4,6-7H2,1-2H3. The molecule has 4 nitrogen and oxygen atoms in total. The third kappa shape index (κ3) is 1.36. The SMILES string of the molecule is CC1(C)OC(=O)C2(CC3C=CC2CC3)C(=O)O1. The van der Waals surface area contributed by atoms with E-state index in [4.69, 9.17) is 9.47 Å². The molecule has 1 saturated heterocycles. The number of cyclic esters (lactones) is 2. The molecule has 2 fully saturated rings. The van der Waals surface area contributed by atoms with Crippen molar-refractivity contribution in [1.29, 1.82) is 0 Å². The van der Waals surface area contributed by atoms with Gasteiger partial charge in [-0.1, -0.05) is 12.2 Å². The lowest BCUT2D eigenvalue weighted by Crippen LogP contribution is -2.59. The minimum Gasteiger partial charge on any atom is -0.422 e. The molecule has 4 rings (SSSR count). The summed E-state index contributed by atoms with van der Waals surface area (Å²) in [7, 11) is 0. The van der Waals surface area contributed by atoms with Crippen molar-refractivity contribution in [1.82, 2.24) is 0 Å². The summed E-state index contributed by atoms with van der Waals surface area (Å²) in [5, 5.41) is 0. The van der Waals surface area contributed by atoms with Crippen LogP contribution in [0.5, 0.6) is 0 Å². The van der Waals surface area contributed by atoms with Gasteiger partial charge in [-0.05, 0) is 25.2 Å². The second-order valence-electron chi connectivity index (χ2n) is 5.68. The van der Waals surface area contributed by atoms with Gasteiger partial charge >= 0.3 is 11.9 Å². The first kappa shape index (κ1) is 10.8. The summed E-state index contributed by atoms with van der Waals surface area (Å²) in [5.74, 6) is -1.68. The fourth-order valence-electron chi connectivity index (χ4n) is 3.23. The highest BCUT2D eigenvalue weighted by atomic mass is 16.7. The third-order valence-corrected chi connectivity index (χ3v) is 4.09. The normalized spacial score (nSPS) is 36.8. The van der Waals surface area contributed by atoms with Gasteiger partial charge in [-0.25, -0.2) is 0 Å². The van der Waals surface area contributed by atoms with Crippen LogP contribution in [-0.4, -0.2) is 17.7 Å². The first-order chi connectivity index (χ1) is 7.94. The first-order valence-corrected chi connectivity index (χ1v) is 6.09. The highest BCUT2D eigenvalue weighted by molar-refractivity contribution is 6.02. The minimum absolute atomic E-state index is 0.0522. The van der Waals surface area contributed by atoms with Crippen LogP contribution in [0, 0.1) is 17.3 Å². The van der Waals surface area contributed by atoms with Crippen LogP contribution < -0.4 is 0 Å². The van der Waals surface area contributed by atoms with Gasteiger partial charge in [0.2, 0.25) is 0 Å². The number of carbonyl (C=O) groups is 2. The van der Waals surface area contributed by atoms with Crippen molar-refractivity contribution in [2.75, 3.05) is 0 Å². The number of allylic oxidation sites excluding steroid dienone is 2. The van der Waals surface area contributed by atoms with Gasteiger partial charge < -0.3 is 9.47 Å². The quantitative estimate of drug-likeness (QED) is 0.365. The smallest absolute Gasteiger partial charge is 0.327 e. The van der Waals surface area contributed by atoms with E-state index in [0.29, 0.717) is 12.3 Å². The predicted octanol–water partition coefficient (Wildman–Crippen LogP) is 1.79. The summed E-state index contributed by atoms with van der Waals surface area (Å²) in [6, 6.07) is 0. The zero-order valence-electron chi connectivity index (χ0n) is 10.1. The van der Waals surface area contributed by atoms with E-state index in [1.807, 2.05) is 6.08 Å². The number of hydrogen-bond acceptors (Lipinski definition) is 4. The van der Waals surface area contributed by atoms with Crippen LogP contribution in [0.15, 0.2) is 12.2 Å². The lowest BCUT2D eigenvalue weighted by atomic mass is 9.59. The minimum atomic E-state index is -1.13. The van der Waals surface area contributed by atoms with E-state index in [2.05, 4.69) is 6.08 Å². The number of carbonyl (C=O) groups excluding carboxylic acids is 2. The fraction of sp³-hybridized carbons (Fsp3) is 0.692. The average Bonchev–Trinajstić information content (AvgIpc) is 2.27. The summed E-state index contributed by atoms with van der Waals surface area (Å²) in [6.07, 6.45) is 6.55. The maximum absolute atomic E-state index is 12.2. The van der Waals surface area contributed by atoms with Crippen LogP contribution in [0.25, 0.3) is 0 Å². The van der Waals surface area contributed by atoms with Crippen molar-refractivity contribution >= 4 is 11.9 Å². The largest absolute Gasteiger partial charge is 0.422 e. The van der Waals surface area contributed by atoms with E-state index in [9.17, 15) is 9.59 Å². The lowest BCUT2D eigenvalue weighted by molar-refractivity contribution is -0.257. The molecule has 0 amide bonds. The Labute approximate surface area is 100.0 Å². The summed E-state index contributed by atoms with van der Waals surface area (Å²) < 4.78 is 10.5. The van der Waals surface area contributed by atoms with Gasteiger partial charge in [-0.2, -0.15) is 0 Å². The number of ether oxygens (including phenoxy) is 2. The molecule has 0 aromatic carbocycles. The second kappa shape index (κ2) is 3.12. The highest BCUT2D eigenvalue weighted by Crippen LogP contribution is 2.52. The van der Waals surface area contributed by atoms with Crippen LogP contribution in [0.2, 0.25) is 0 Å². The summed E-state index contributed by atoms with van der Waals surface area (Å²) in [5.41, 5.74) is -1.06. The highest BCUT2D eigenvalue weighted by Gasteiger charge is 2.62. The van der Waals surface area contributed by atoms with Crippen molar-refractivity contribution in [3.05, 3.63) is 12.2 Å². The summed E-state index contributed by atoms with van der Waals surface area (Å²) >= 11 is 0. The number of fused-ring (bicyclic) bond motifs is 1. The van der Waals surface area contributed by atoms with Crippen LogP contribution in [-0.2, 0) is 19.1 Å². The zero-order chi connectivity index (χ0) is 12.3. The van der Waals surface area contributed by atoms with Gasteiger partial charge in [0.15, 0.2) is 5.41 Å². The molecule has 2 atom stereocenters. The Morgan fingerprint density at radius 3 is 2.18 bits per heavy atom. The molecule has 1 saturated carbocycles. The molecule has 0 radical (unpaired) electrons. The van der Waals surface area contributed by atoms with Crippen LogP contribution in [0.3, 0.4) is 0 Å². The topological polar surface area (TPSA) is 52.6 Å². The van der Waals surface area contributed by atoms with Crippen LogP contribution >= 0.6 is 0 Å². The Morgan fingerprint density at radius 1 is 1.12 bits per heavy atom. The third-order valence-electron chi connectivity index (χ3n) is 4.09. The van der Waals surface area contributed by atoms with Gasteiger partial charge in [0, 0.05) is 19.8 Å². The molecule has 4 aliphatic rings. The van der Waals surface area contributed by atoms with Crippen molar-refractivity contribution < 1.29 is 19.1 Å². The zero-order valence-corrected chi connectivity index (χ0v) is 10.1. The van der Waals surface area contributed by atoms with E-state index in [1.165, 1.54) is 0 Å². The van der Waals surface area contributed by atoms with E-state index in [0.717, 1.165) is 12.8 Å². The van der Waals surface area contributed by atoms with Gasteiger partial charge in [-0.15, -0.1) is 0 Å². The van der Waals surface area contributed by atoms with E-state index in [-0.39, 0.29) is 5.92 Å². The van der Waals surface area contributed by atoms with E-state index in [1.54, 1.807) is 13.8 Å². The second-order valence-corrected chi connectivity index (χ2v) is 5.68. The van der Waals surface area contributed by atoms with Crippen molar-refractivity contribution in [2.45, 2.75) is 38.9 Å². The molecule has 0 aromatic rings. The molecule has 1 heterocycles. The molecule has 2 bridgehead atoms. The maximum atomic E-state index is 12.2. The maximum Gasteiger partial charge on any atom is 0.327 e. The van der Waals surface area contributed by atoms with Crippen molar-refractivity contribution in [3.8, 4) is 0 Å². The van der Waals surface area contributed by atoms with Crippen LogP contribution in [0.4, 0.5) is 0 Å². The first-order valence-electron chi connectivity index (χ1n) is 6.09. The summed E-state index contributed by atoms with van der Waals surface area (Å²) in [6.45, 7) is 3.18. The molecule has 2 unspecified atom stereocenters. The molecule has 0 N–H and O–H groups in total. The Balaban J connectivity index is 2.01. The Kier molecular flexibility index (Phi) is 1.98. The Morgan fingerprint density at radius 2 is 1.76 bits per heavy atom. The molecular formula is C13H16O4. The lowest BCUT2D eigenvalue weighted by Gasteiger charge is -2.49. The average molecular weight is 236 g/mol. The number of esters is 2. The van der Waals surface area contributed by atoms with Gasteiger partial charge in [0.25, 0.3) is 5.79 Å². The molecule has 17 heavy (non-hydrogen) atoms. The fourth-order valence-corrected chi connectivity index (χ4v) is 3.23. The van der Waals surface area contributed by atoms with Gasteiger partial charge in [0.05, 0.1) is 0 Å². The summed E-state index contributed by atoms with van der Waals surface area (Å²) in [4.78, 5) is 24.5. The van der Waals surface area contributed by atoms with Crippen molar-refractivity contribution in [3.63, 3.8) is 0 Å². The van der Waals surface area contributed by atoms with Crippen LogP contribution in [0.1, 0.15) is 33.1 Å². The monoisotopic (exact) mass is 236 g/mol. The molecule has 92 valence electrons. The molecule has 0 aromatic heterocycles. The number of hydrogen-bond donors (Lipinski definition) is 0. The molecule has 4 heteroatoms. The molecular weight excluding hydrogens is 220 g/mol. The Bertz CT molecular complexity index is 401. The molecule has 1 spiro atoms. The van der Waals surface area contributed by atoms with Gasteiger partial charge in [0.1, 0.15) is 0 Å². The molecule has 1 aliphatic heterocycles. The van der Waals surface area contributed by atoms with Gasteiger partial charge in [-0.3, -0.25) is 9.59 Å². The van der Waals surface area contributed by atoms with E-state index < -0.39 is 23.1 Å². The van der Waals surface area contributed by atoms with Crippen molar-refractivity contribution in [2.24, 2.45) is 17.3 Å². The van der Waals surface area contributed by atoms with E-state index >= 15 is 0 Å².